The number of ether oxygens (including phenoxy) is 2. The van der Waals surface area contributed by atoms with Gasteiger partial charge in [-0.05, 0) is 71.0 Å². The highest BCUT2D eigenvalue weighted by atomic mass is 16.6. The maximum atomic E-state index is 14.0. The average molecular weight is 815 g/mol. The highest BCUT2D eigenvalue weighted by Crippen LogP contribution is 2.43. The fourth-order valence-electron chi connectivity index (χ4n) is 7.90. The van der Waals surface area contributed by atoms with E-state index in [0.717, 1.165) is 51.2 Å². The number of hydrogen-bond acceptors (Lipinski definition) is 10. The van der Waals surface area contributed by atoms with Crippen LogP contribution in [0.25, 0.3) is 22.5 Å². The maximum absolute atomic E-state index is 14.0. The summed E-state index contributed by atoms with van der Waals surface area (Å²) < 4.78 is 25.5. The second kappa shape index (κ2) is 17.2. The molecule has 0 amide bonds. The van der Waals surface area contributed by atoms with E-state index < -0.39 is 22.9 Å². The predicted octanol–water partition coefficient (Wildman–Crippen LogP) is 9.14. The molecule has 0 N–H and O–H groups in total. The lowest BCUT2D eigenvalue weighted by Gasteiger charge is -2.36. The van der Waals surface area contributed by atoms with Crippen LogP contribution in [0.5, 0.6) is 0 Å². The molecule has 3 heterocycles. The summed E-state index contributed by atoms with van der Waals surface area (Å²) in [5, 5.41) is 13.8. The zero-order valence-electron chi connectivity index (χ0n) is 34.7. The molecular weight excluding hydrogens is 769 g/mol. The zero-order chi connectivity index (χ0) is 42.6. The van der Waals surface area contributed by atoms with Crippen molar-refractivity contribution in [3.8, 4) is 22.5 Å². The normalized spacial score (nSPS) is 11.8. The van der Waals surface area contributed by atoms with Gasteiger partial charge in [0, 0.05) is 25.6 Å². The summed E-state index contributed by atoms with van der Waals surface area (Å²) in [6, 6.07) is 47.3. The van der Waals surface area contributed by atoms with Crippen LogP contribution in [-0.2, 0) is 40.2 Å². The Morgan fingerprint density at radius 1 is 0.754 bits per heavy atom. The molecule has 0 aliphatic rings. The van der Waals surface area contributed by atoms with Crippen molar-refractivity contribution in [2.45, 2.75) is 64.8 Å². The van der Waals surface area contributed by atoms with E-state index in [4.69, 9.17) is 33.6 Å². The van der Waals surface area contributed by atoms with Crippen molar-refractivity contribution in [3.05, 3.63) is 201 Å². The van der Waals surface area contributed by atoms with E-state index in [1.807, 2.05) is 108 Å². The van der Waals surface area contributed by atoms with E-state index >= 15 is 0 Å². The molecule has 0 aliphatic carbocycles. The molecule has 0 radical (unpaired) electrons. The van der Waals surface area contributed by atoms with E-state index in [2.05, 4.69) is 66.7 Å². The molecule has 8 rings (SSSR count). The number of benzene rings is 5. The summed E-state index contributed by atoms with van der Waals surface area (Å²) >= 11 is 0. The van der Waals surface area contributed by atoms with Gasteiger partial charge in [0.05, 0.1) is 0 Å². The Morgan fingerprint density at radius 3 is 1.87 bits per heavy atom. The quantitative estimate of drug-likeness (QED) is 0.0727. The fourth-order valence-corrected chi connectivity index (χ4v) is 7.90. The number of hydrogen-bond donors (Lipinski definition) is 0. The Kier molecular flexibility index (Phi) is 11.4. The van der Waals surface area contributed by atoms with Gasteiger partial charge in [0.1, 0.15) is 22.7 Å². The van der Waals surface area contributed by atoms with Crippen molar-refractivity contribution in [2.24, 2.45) is 0 Å². The highest BCUT2D eigenvalue weighted by molar-refractivity contribution is 5.89. The van der Waals surface area contributed by atoms with E-state index in [1.165, 1.54) is 0 Å². The van der Waals surface area contributed by atoms with Gasteiger partial charge in [0.2, 0.25) is 0 Å². The molecule has 5 aromatic carbocycles. The van der Waals surface area contributed by atoms with Crippen LogP contribution >= 0.6 is 0 Å². The van der Waals surface area contributed by atoms with E-state index in [1.54, 1.807) is 14.0 Å². The van der Waals surface area contributed by atoms with Crippen molar-refractivity contribution >= 4 is 5.97 Å². The summed E-state index contributed by atoms with van der Waals surface area (Å²) in [5.74, 6) is 0.224. The molecule has 61 heavy (non-hydrogen) atoms. The summed E-state index contributed by atoms with van der Waals surface area (Å²) in [5.41, 5.74) is 5.59. The number of esters is 1. The van der Waals surface area contributed by atoms with E-state index in [-0.39, 0.29) is 23.8 Å². The molecule has 308 valence electrons. The van der Waals surface area contributed by atoms with Gasteiger partial charge in [0.15, 0.2) is 29.6 Å². The minimum Gasteiger partial charge on any atom is -0.453 e. The first-order chi connectivity index (χ1) is 29.6. The van der Waals surface area contributed by atoms with Gasteiger partial charge in [-0.1, -0.05) is 146 Å². The van der Waals surface area contributed by atoms with Crippen LogP contribution in [-0.4, -0.2) is 42.8 Å². The Balaban J connectivity index is 1.19. The topological polar surface area (TPSA) is 140 Å². The number of methoxy groups -OCH3 is 1. The molecule has 0 unspecified atom stereocenters. The van der Waals surface area contributed by atoms with Crippen molar-refractivity contribution < 1.29 is 23.1 Å². The monoisotopic (exact) mass is 814 g/mol. The smallest absolute Gasteiger partial charge is 0.453 e. The molecule has 0 saturated carbocycles. The molecule has 0 atom stereocenters. The first-order valence-corrected chi connectivity index (χ1v) is 20.2. The molecule has 0 saturated heterocycles. The lowest BCUT2D eigenvalue weighted by Crippen LogP contribution is -2.39. The molecule has 0 aliphatic heterocycles. The van der Waals surface area contributed by atoms with Crippen LogP contribution in [0, 0.1) is 6.92 Å². The third-order valence-electron chi connectivity index (χ3n) is 11.1. The number of carbonyl (C=O) groups excluding carboxylic acids is 1. The number of rotatable bonds is 15. The Labute approximate surface area is 353 Å². The van der Waals surface area contributed by atoms with Crippen molar-refractivity contribution in [2.75, 3.05) is 7.11 Å². The summed E-state index contributed by atoms with van der Waals surface area (Å²) in [7, 11) is 1.58. The van der Waals surface area contributed by atoms with Crippen LogP contribution in [0.1, 0.15) is 83.0 Å². The van der Waals surface area contributed by atoms with Crippen molar-refractivity contribution in [1.29, 1.82) is 0 Å². The molecule has 0 bridgehead atoms. The third-order valence-corrected chi connectivity index (χ3v) is 11.1. The zero-order valence-corrected chi connectivity index (χ0v) is 34.7. The number of carbonyl (C=O) groups is 1. The van der Waals surface area contributed by atoms with Crippen molar-refractivity contribution in [1.82, 2.24) is 29.8 Å². The lowest BCUT2D eigenvalue weighted by atomic mass is 9.77. The fraction of sp³-hybridized carbons (Fsp3) is 0.224. The first-order valence-electron chi connectivity index (χ1n) is 20.2. The Morgan fingerprint density at radius 2 is 1.33 bits per heavy atom. The van der Waals surface area contributed by atoms with Gasteiger partial charge < -0.3 is 22.9 Å². The summed E-state index contributed by atoms with van der Waals surface area (Å²) in [6.07, 6.45) is 1.42. The maximum Gasteiger partial charge on any atom is 0.519 e. The van der Waals surface area contributed by atoms with Gasteiger partial charge in [-0.2, -0.15) is 0 Å². The van der Waals surface area contributed by atoms with Gasteiger partial charge in [-0.3, -0.25) is 0 Å². The minimum atomic E-state index is -0.916. The van der Waals surface area contributed by atoms with Crippen LogP contribution in [0.4, 0.5) is 0 Å². The SMILES string of the molecule is CCCc1nc(C(C)(C)OC)c(C(=O)OCc2oc(=O)oc2C)n1Cc1ccc(-c2ccccc2-c2nnnn2C(c2ccccc2)(c2ccccc2)c2ccccc2)cc1. The lowest BCUT2D eigenvalue weighted by molar-refractivity contribution is 0.0124. The predicted molar refractivity (Wildman–Crippen MR) is 230 cm³/mol. The second-order valence-corrected chi connectivity index (χ2v) is 15.3. The third kappa shape index (κ3) is 7.73. The minimum absolute atomic E-state index is 0.140. The number of imidazole rings is 1. The molecule has 0 spiro atoms. The second-order valence-electron chi connectivity index (χ2n) is 15.3. The standard InChI is InChI=1S/C49H46N6O6/c1-6-18-42-50-44(48(3,4)58-5)43(46(56)59-32-41-33(2)60-47(57)61-41)54(42)31-34-27-29-35(30-28-34)39-25-16-17-26-40(39)45-51-52-53-55(45)49(36-19-10-7-11-20-36,37-21-12-8-13-22-37)38-23-14-9-15-24-38/h7-17,19-30H,6,18,31-32H2,1-5H3. The number of tetrazole rings is 1. The molecule has 0 fully saturated rings. The van der Waals surface area contributed by atoms with Crippen LogP contribution < -0.4 is 5.82 Å². The first kappa shape index (κ1) is 40.6. The Hall–Kier alpha value is -7.18. The molecule has 3 aromatic heterocycles. The molecule has 12 nitrogen and oxygen atoms in total. The van der Waals surface area contributed by atoms with Crippen LogP contribution in [0.2, 0.25) is 0 Å². The number of aromatic nitrogens is 6. The average Bonchev–Trinajstić information content (AvgIpc) is 4.01. The Bertz CT molecular complexity index is 2710. The van der Waals surface area contributed by atoms with E-state index in [0.29, 0.717) is 24.5 Å². The summed E-state index contributed by atoms with van der Waals surface area (Å²) in [6.45, 7) is 7.41. The molecular formula is C49H46N6O6. The van der Waals surface area contributed by atoms with Gasteiger partial charge >= 0.3 is 11.8 Å². The van der Waals surface area contributed by atoms with E-state index in [9.17, 15) is 9.59 Å². The molecule has 12 heteroatoms. The number of aryl methyl sites for hydroxylation is 2. The van der Waals surface area contributed by atoms with Crippen LogP contribution in [0.3, 0.4) is 0 Å². The van der Waals surface area contributed by atoms with Crippen molar-refractivity contribution in [3.63, 3.8) is 0 Å². The number of nitrogens with zero attached hydrogens (tertiary/aromatic N) is 6. The van der Waals surface area contributed by atoms with Gasteiger partial charge in [-0.15, -0.1) is 5.10 Å². The highest BCUT2D eigenvalue weighted by Gasteiger charge is 2.42. The van der Waals surface area contributed by atoms with Gasteiger partial charge in [0.25, 0.3) is 0 Å². The largest absolute Gasteiger partial charge is 0.519 e. The van der Waals surface area contributed by atoms with Crippen LogP contribution in [0.15, 0.2) is 153 Å². The van der Waals surface area contributed by atoms with Gasteiger partial charge in [-0.25, -0.2) is 19.3 Å². The summed E-state index contributed by atoms with van der Waals surface area (Å²) in [4.78, 5) is 30.6. The molecule has 8 aromatic rings.